The molecule has 0 bridgehead atoms. The zero-order valence-corrected chi connectivity index (χ0v) is 17.9. The molecule has 4 aromatic rings. The summed E-state index contributed by atoms with van der Waals surface area (Å²) in [7, 11) is -4.19. The number of rotatable bonds is 4. The van der Waals surface area contributed by atoms with Crippen LogP contribution in [0, 0.1) is 12.7 Å². The molecule has 0 aliphatic heterocycles. The Kier molecular flexibility index (Phi) is 5.39. The molecule has 2 N–H and O–H groups in total. The van der Waals surface area contributed by atoms with Crippen LogP contribution in [0.3, 0.4) is 0 Å². The third kappa shape index (κ3) is 4.16. The van der Waals surface area contributed by atoms with Crippen molar-refractivity contribution in [1.82, 2.24) is 14.8 Å². The summed E-state index contributed by atoms with van der Waals surface area (Å²) in [6.45, 7) is 1.78. The van der Waals surface area contributed by atoms with Gasteiger partial charge in [-0.25, -0.2) is 27.6 Å². The van der Waals surface area contributed by atoms with Crippen molar-refractivity contribution in [1.29, 1.82) is 0 Å². The maximum atomic E-state index is 14.7. The summed E-state index contributed by atoms with van der Waals surface area (Å²) < 4.78 is 78.6. The monoisotopic (exact) mass is 482 g/mol. The van der Waals surface area contributed by atoms with Crippen LogP contribution in [-0.2, 0) is 16.2 Å². The second-order valence-electron chi connectivity index (χ2n) is 6.89. The summed E-state index contributed by atoms with van der Waals surface area (Å²) >= 11 is 1.41. The van der Waals surface area contributed by atoms with Gasteiger partial charge in [0.2, 0.25) is 10.0 Å². The van der Waals surface area contributed by atoms with Crippen LogP contribution in [0.25, 0.3) is 28.2 Å². The Morgan fingerprint density at radius 1 is 1.09 bits per heavy atom. The lowest BCUT2D eigenvalue weighted by Gasteiger charge is -2.11. The molecule has 2 aromatic carbocycles. The quantitative estimate of drug-likeness (QED) is 0.424. The first kappa shape index (κ1) is 22.1. The van der Waals surface area contributed by atoms with Crippen molar-refractivity contribution in [3.63, 3.8) is 0 Å². The lowest BCUT2D eigenvalue weighted by atomic mass is 10.0. The number of sulfonamides is 1. The molecular weight excluding hydrogens is 468 g/mol. The van der Waals surface area contributed by atoms with Gasteiger partial charge in [0, 0.05) is 16.5 Å². The number of hydrogen-bond acceptors (Lipinski definition) is 5. The van der Waals surface area contributed by atoms with Gasteiger partial charge in [0.25, 0.3) is 0 Å². The van der Waals surface area contributed by atoms with E-state index in [9.17, 15) is 26.0 Å². The summed E-state index contributed by atoms with van der Waals surface area (Å²) in [5.74, 6) is -1.09. The smallest absolute Gasteiger partial charge is 0.245 e. The number of hydrogen-bond donors (Lipinski definition) is 1. The highest BCUT2D eigenvalue weighted by atomic mass is 32.2. The van der Waals surface area contributed by atoms with Crippen molar-refractivity contribution in [3.05, 3.63) is 70.4 Å². The fourth-order valence-electron chi connectivity index (χ4n) is 3.20. The Bertz CT molecular complexity index is 1410. The minimum absolute atomic E-state index is 0.0208. The molecule has 0 radical (unpaired) electrons. The van der Waals surface area contributed by atoms with E-state index < -0.39 is 32.6 Å². The van der Waals surface area contributed by atoms with E-state index in [4.69, 9.17) is 5.14 Å². The standard InChI is InChI=1S/C20H14F4N4O2S2/c1-11-6-12(2-4-14(11)16-9-31-10-26-16)18-8-19(20(22,23)24)27-28(18)17-5-3-13(7-15(17)21)32(25,29)30/h2-10H,1H3,(H2,25,29,30). The van der Waals surface area contributed by atoms with Gasteiger partial charge in [0.05, 0.1) is 21.8 Å². The zero-order valence-electron chi connectivity index (χ0n) is 16.3. The molecule has 6 nitrogen and oxygen atoms in total. The van der Waals surface area contributed by atoms with Crippen molar-refractivity contribution >= 4 is 21.4 Å². The van der Waals surface area contributed by atoms with E-state index in [1.54, 1.807) is 30.6 Å². The van der Waals surface area contributed by atoms with E-state index in [2.05, 4.69) is 10.1 Å². The number of alkyl halides is 3. The Morgan fingerprint density at radius 3 is 2.41 bits per heavy atom. The van der Waals surface area contributed by atoms with Crippen molar-refractivity contribution in [3.8, 4) is 28.2 Å². The van der Waals surface area contributed by atoms with Gasteiger partial charge >= 0.3 is 6.18 Å². The summed E-state index contributed by atoms with van der Waals surface area (Å²) in [5, 5.41) is 10.4. The summed E-state index contributed by atoms with van der Waals surface area (Å²) in [5.41, 5.74) is 2.72. The van der Waals surface area contributed by atoms with Gasteiger partial charge in [-0.05, 0) is 42.8 Å². The lowest BCUT2D eigenvalue weighted by Crippen LogP contribution is -2.13. The predicted molar refractivity (Wildman–Crippen MR) is 111 cm³/mol. The van der Waals surface area contributed by atoms with Crippen LogP contribution in [0.2, 0.25) is 0 Å². The molecule has 0 saturated heterocycles. The highest BCUT2D eigenvalue weighted by Crippen LogP contribution is 2.35. The number of halogens is 4. The molecule has 12 heteroatoms. The van der Waals surface area contributed by atoms with Crippen LogP contribution in [0.1, 0.15) is 11.3 Å². The van der Waals surface area contributed by atoms with E-state index in [1.165, 1.54) is 11.3 Å². The molecule has 0 amide bonds. The molecule has 0 saturated carbocycles. The van der Waals surface area contributed by atoms with Crippen LogP contribution < -0.4 is 5.14 Å². The largest absolute Gasteiger partial charge is 0.435 e. The number of nitrogens with zero attached hydrogens (tertiary/aromatic N) is 3. The first-order valence-electron chi connectivity index (χ1n) is 8.95. The third-order valence-corrected chi connectivity index (χ3v) is 6.20. The van der Waals surface area contributed by atoms with Crippen molar-refractivity contribution in [2.24, 2.45) is 5.14 Å². The molecule has 166 valence electrons. The molecule has 0 aliphatic rings. The van der Waals surface area contributed by atoms with Crippen LogP contribution in [0.4, 0.5) is 17.6 Å². The number of aromatic nitrogens is 3. The van der Waals surface area contributed by atoms with Gasteiger partial charge in [-0.15, -0.1) is 11.3 Å². The molecule has 32 heavy (non-hydrogen) atoms. The van der Waals surface area contributed by atoms with E-state index >= 15 is 0 Å². The fraction of sp³-hybridized carbons (Fsp3) is 0.100. The van der Waals surface area contributed by atoms with Crippen molar-refractivity contribution < 1.29 is 26.0 Å². The van der Waals surface area contributed by atoms with Gasteiger partial charge in [0.1, 0.15) is 11.5 Å². The number of nitrogens with two attached hydrogens (primary N) is 1. The average molecular weight is 482 g/mol. The molecule has 0 atom stereocenters. The highest BCUT2D eigenvalue weighted by Gasteiger charge is 2.35. The number of primary sulfonamides is 1. The van der Waals surface area contributed by atoms with E-state index in [0.29, 0.717) is 11.6 Å². The molecule has 0 aliphatic carbocycles. The zero-order chi connectivity index (χ0) is 23.3. The predicted octanol–water partition coefficient (Wildman–Crippen LogP) is 4.78. The Labute approximate surface area is 184 Å². The summed E-state index contributed by atoms with van der Waals surface area (Å²) in [4.78, 5) is 3.73. The first-order valence-corrected chi connectivity index (χ1v) is 11.4. The first-order chi connectivity index (χ1) is 14.9. The minimum atomic E-state index is -4.77. The van der Waals surface area contributed by atoms with Gasteiger partial charge in [-0.3, -0.25) is 0 Å². The molecule has 0 spiro atoms. The molecule has 0 fully saturated rings. The molecule has 0 unspecified atom stereocenters. The second-order valence-corrected chi connectivity index (χ2v) is 9.17. The summed E-state index contributed by atoms with van der Waals surface area (Å²) in [6.07, 6.45) is -4.77. The van der Waals surface area contributed by atoms with Gasteiger partial charge < -0.3 is 0 Å². The van der Waals surface area contributed by atoms with E-state index in [1.807, 2.05) is 5.38 Å². The van der Waals surface area contributed by atoms with Gasteiger partial charge in [0.15, 0.2) is 5.69 Å². The third-order valence-electron chi connectivity index (χ3n) is 4.71. The van der Waals surface area contributed by atoms with Crippen LogP contribution in [-0.4, -0.2) is 23.2 Å². The molecule has 2 heterocycles. The Hall–Kier alpha value is -3.09. The average Bonchev–Trinajstić information content (AvgIpc) is 3.37. The van der Waals surface area contributed by atoms with Crippen LogP contribution in [0.5, 0.6) is 0 Å². The maximum Gasteiger partial charge on any atom is 0.435 e. The van der Waals surface area contributed by atoms with Crippen molar-refractivity contribution in [2.75, 3.05) is 0 Å². The summed E-state index contributed by atoms with van der Waals surface area (Å²) in [6, 6.07) is 8.42. The molecular formula is C20H14F4N4O2S2. The van der Waals surface area contributed by atoms with E-state index in [-0.39, 0.29) is 11.4 Å². The topological polar surface area (TPSA) is 90.9 Å². The number of thiazole rings is 1. The minimum Gasteiger partial charge on any atom is -0.245 e. The van der Waals surface area contributed by atoms with Crippen LogP contribution >= 0.6 is 11.3 Å². The second kappa shape index (κ2) is 7.80. The lowest BCUT2D eigenvalue weighted by molar-refractivity contribution is -0.141. The number of benzene rings is 2. The van der Waals surface area contributed by atoms with Gasteiger partial charge in [-0.1, -0.05) is 12.1 Å². The van der Waals surface area contributed by atoms with Crippen molar-refractivity contribution in [2.45, 2.75) is 18.0 Å². The van der Waals surface area contributed by atoms with Crippen LogP contribution in [0.15, 0.2) is 58.3 Å². The maximum absolute atomic E-state index is 14.7. The highest BCUT2D eigenvalue weighted by molar-refractivity contribution is 7.89. The molecule has 2 aromatic heterocycles. The van der Waals surface area contributed by atoms with Gasteiger partial charge in [-0.2, -0.15) is 18.3 Å². The van der Waals surface area contributed by atoms with E-state index in [0.717, 1.165) is 39.7 Å². The Morgan fingerprint density at radius 2 is 1.84 bits per heavy atom. The Balaban J connectivity index is 1.89. The normalized spacial score (nSPS) is 12.3. The fourth-order valence-corrected chi connectivity index (χ4v) is 4.28. The molecule has 4 rings (SSSR count). The number of aryl methyl sites for hydroxylation is 1. The SMILES string of the molecule is Cc1cc(-c2cc(C(F)(F)F)nn2-c2ccc(S(N)(=O)=O)cc2F)ccc1-c1cscn1.